The van der Waals surface area contributed by atoms with E-state index in [4.69, 9.17) is 0 Å². The molecule has 1 aromatic carbocycles. The van der Waals surface area contributed by atoms with E-state index in [2.05, 4.69) is 30.7 Å². The number of aromatic nitrogens is 2. The van der Waals surface area contributed by atoms with Gasteiger partial charge in [0.2, 0.25) is 0 Å². The highest BCUT2D eigenvalue weighted by molar-refractivity contribution is 7.99. The number of nitrogens with zero attached hydrogens (tertiary/aromatic N) is 2. The predicted octanol–water partition coefficient (Wildman–Crippen LogP) is 4.06. The monoisotopic (exact) mass is 300 g/mol. The first-order chi connectivity index (χ1) is 9.86. The van der Waals surface area contributed by atoms with Gasteiger partial charge >= 0.3 is 0 Å². The fourth-order valence-corrected chi connectivity index (χ4v) is 2.51. The molecule has 0 amide bonds. The van der Waals surface area contributed by atoms with Gasteiger partial charge in [-0.2, -0.15) is 0 Å². The quantitative estimate of drug-likeness (QED) is 0.485. The summed E-state index contributed by atoms with van der Waals surface area (Å²) in [6.45, 7) is 8.42. The van der Waals surface area contributed by atoms with Gasteiger partial charge in [0.25, 0.3) is 0 Å². The Hall–Kier alpha value is -1.68. The van der Waals surface area contributed by atoms with E-state index in [9.17, 15) is 4.79 Å². The Morgan fingerprint density at radius 3 is 2.19 bits per heavy atom. The van der Waals surface area contributed by atoms with E-state index in [1.165, 1.54) is 17.3 Å². The Morgan fingerprint density at radius 1 is 1.10 bits per heavy atom. The smallest absolute Gasteiger partial charge is 0.187 e. The molecule has 0 saturated carbocycles. The van der Waals surface area contributed by atoms with Crippen molar-refractivity contribution in [3.8, 4) is 0 Å². The first-order valence-corrected chi connectivity index (χ1v) is 7.90. The van der Waals surface area contributed by atoms with Crippen LogP contribution >= 0.6 is 11.8 Å². The molecule has 3 nitrogen and oxygen atoms in total. The van der Waals surface area contributed by atoms with Gasteiger partial charge in [0.1, 0.15) is 0 Å². The maximum Gasteiger partial charge on any atom is 0.187 e. The summed E-state index contributed by atoms with van der Waals surface area (Å²) in [4.78, 5) is 20.5. The third kappa shape index (κ3) is 4.39. The van der Waals surface area contributed by atoms with Gasteiger partial charge in [0.15, 0.2) is 10.9 Å². The zero-order valence-electron chi connectivity index (χ0n) is 12.9. The molecule has 0 saturated heterocycles. The lowest BCUT2D eigenvalue weighted by atomic mass is 9.86. The molecule has 0 radical (unpaired) electrons. The van der Waals surface area contributed by atoms with Gasteiger partial charge in [-0.3, -0.25) is 4.79 Å². The molecule has 0 aliphatic rings. The van der Waals surface area contributed by atoms with E-state index in [0.29, 0.717) is 10.9 Å². The van der Waals surface area contributed by atoms with E-state index in [0.717, 1.165) is 11.1 Å². The third-order valence-corrected chi connectivity index (χ3v) is 4.04. The van der Waals surface area contributed by atoms with E-state index >= 15 is 0 Å². The Morgan fingerprint density at radius 2 is 1.67 bits per heavy atom. The van der Waals surface area contributed by atoms with Crippen LogP contribution in [0.3, 0.4) is 0 Å². The van der Waals surface area contributed by atoms with E-state index in [1.54, 1.807) is 12.4 Å². The number of hydrogen-bond donors (Lipinski definition) is 0. The van der Waals surface area contributed by atoms with Crippen LogP contribution in [-0.2, 0) is 5.41 Å². The number of thioether (sulfide) groups is 1. The van der Waals surface area contributed by atoms with Crippen LogP contribution in [0.4, 0.5) is 0 Å². The van der Waals surface area contributed by atoms with Crippen molar-refractivity contribution in [2.24, 2.45) is 0 Å². The summed E-state index contributed by atoms with van der Waals surface area (Å²) in [6.07, 6.45) is 3.52. The molecule has 2 rings (SSSR count). The highest BCUT2D eigenvalue weighted by atomic mass is 32.2. The van der Waals surface area contributed by atoms with Crippen molar-refractivity contribution in [3.05, 3.63) is 53.3 Å². The zero-order chi connectivity index (χ0) is 15.5. The lowest BCUT2D eigenvalue weighted by Crippen LogP contribution is -2.11. The second kappa shape index (κ2) is 6.39. The molecule has 0 N–H and O–H groups in total. The molecular weight excluding hydrogens is 280 g/mol. The number of aryl methyl sites for hydroxylation is 1. The fraction of sp³-hybridized carbons (Fsp3) is 0.353. The Kier molecular flexibility index (Phi) is 4.78. The van der Waals surface area contributed by atoms with Gasteiger partial charge in [0, 0.05) is 18.0 Å². The van der Waals surface area contributed by atoms with Crippen LogP contribution in [0, 0.1) is 6.92 Å². The number of benzene rings is 1. The average Bonchev–Trinajstić information content (AvgIpc) is 2.45. The van der Waals surface area contributed by atoms with Crippen molar-refractivity contribution in [3.63, 3.8) is 0 Å². The van der Waals surface area contributed by atoms with Crippen LogP contribution in [0.2, 0.25) is 0 Å². The maximum absolute atomic E-state index is 12.2. The summed E-state index contributed by atoms with van der Waals surface area (Å²) in [6, 6.07) is 7.86. The lowest BCUT2D eigenvalue weighted by molar-refractivity contribution is 0.102. The van der Waals surface area contributed by atoms with Crippen LogP contribution in [0.15, 0.2) is 41.8 Å². The van der Waals surface area contributed by atoms with Gasteiger partial charge in [-0.25, -0.2) is 9.97 Å². The Balaban J connectivity index is 1.99. The molecule has 110 valence electrons. The molecule has 21 heavy (non-hydrogen) atoms. The molecule has 0 unspecified atom stereocenters. The highest BCUT2D eigenvalue weighted by Crippen LogP contribution is 2.23. The summed E-state index contributed by atoms with van der Waals surface area (Å²) in [5.74, 6) is 0.461. The van der Waals surface area contributed by atoms with Crippen LogP contribution in [0.5, 0.6) is 0 Å². The van der Waals surface area contributed by atoms with Crippen molar-refractivity contribution in [1.29, 1.82) is 0 Å². The summed E-state index contributed by atoms with van der Waals surface area (Å²) < 4.78 is 0. The molecular formula is C17H20N2OS. The minimum absolute atomic E-state index is 0.102. The van der Waals surface area contributed by atoms with Gasteiger partial charge in [-0.15, -0.1) is 0 Å². The van der Waals surface area contributed by atoms with Crippen molar-refractivity contribution < 1.29 is 4.79 Å². The molecule has 1 heterocycles. The normalized spacial score (nSPS) is 11.4. The van der Waals surface area contributed by atoms with Crippen LogP contribution in [0.1, 0.15) is 42.3 Å². The third-order valence-electron chi connectivity index (χ3n) is 3.16. The minimum atomic E-state index is 0.102. The molecule has 0 atom stereocenters. The first kappa shape index (κ1) is 15.7. The van der Waals surface area contributed by atoms with Gasteiger partial charge in [-0.05, 0) is 23.5 Å². The maximum atomic E-state index is 12.2. The second-order valence-corrected chi connectivity index (χ2v) is 7.02. The van der Waals surface area contributed by atoms with E-state index in [-0.39, 0.29) is 11.2 Å². The zero-order valence-corrected chi connectivity index (χ0v) is 13.7. The number of rotatable bonds is 4. The predicted molar refractivity (Wildman–Crippen MR) is 87.0 cm³/mol. The SMILES string of the molecule is Cc1cnc(SCC(=O)c2ccc(C(C)(C)C)cc2)nc1. The van der Waals surface area contributed by atoms with Crippen LogP contribution in [-0.4, -0.2) is 21.5 Å². The van der Waals surface area contributed by atoms with Crippen molar-refractivity contribution >= 4 is 17.5 Å². The minimum Gasteiger partial charge on any atom is -0.293 e. The summed E-state index contributed by atoms with van der Waals surface area (Å²) in [7, 11) is 0. The van der Waals surface area contributed by atoms with Gasteiger partial charge in [-0.1, -0.05) is 56.8 Å². The number of carbonyl (C=O) groups excluding carboxylic acids is 1. The summed E-state index contributed by atoms with van der Waals surface area (Å²) in [5, 5.41) is 0.639. The Labute approximate surface area is 130 Å². The Bertz CT molecular complexity index is 613. The van der Waals surface area contributed by atoms with Crippen LogP contribution in [0.25, 0.3) is 0 Å². The molecule has 0 aliphatic heterocycles. The molecule has 0 bridgehead atoms. The average molecular weight is 300 g/mol. The molecule has 1 aromatic heterocycles. The number of hydrogen-bond acceptors (Lipinski definition) is 4. The summed E-state index contributed by atoms with van der Waals surface area (Å²) in [5.41, 5.74) is 3.09. The molecule has 2 aromatic rings. The van der Waals surface area contributed by atoms with Gasteiger partial charge < -0.3 is 0 Å². The summed E-state index contributed by atoms with van der Waals surface area (Å²) >= 11 is 1.37. The van der Waals surface area contributed by atoms with Crippen molar-refractivity contribution in [2.75, 3.05) is 5.75 Å². The van der Waals surface area contributed by atoms with E-state index < -0.39 is 0 Å². The highest BCUT2D eigenvalue weighted by Gasteiger charge is 2.14. The fourth-order valence-electron chi connectivity index (χ4n) is 1.82. The number of ketones is 1. The number of Topliss-reactive ketones (excluding diaryl/α,β-unsaturated/α-hetero) is 1. The standard InChI is InChI=1S/C17H20N2OS/c1-12-9-18-16(19-10-12)21-11-15(20)13-5-7-14(8-6-13)17(2,3)4/h5-10H,11H2,1-4H3. The van der Waals surface area contributed by atoms with Crippen molar-refractivity contribution in [1.82, 2.24) is 9.97 Å². The van der Waals surface area contributed by atoms with Gasteiger partial charge in [0.05, 0.1) is 5.75 Å². The largest absolute Gasteiger partial charge is 0.293 e. The first-order valence-electron chi connectivity index (χ1n) is 6.91. The molecule has 0 fully saturated rings. The second-order valence-electron chi connectivity index (χ2n) is 6.08. The molecule has 4 heteroatoms. The molecule has 0 aliphatic carbocycles. The van der Waals surface area contributed by atoms with Crippen molar-refractivity contribution in [2.45, 2.75) is 38.3 Å². The molecule has 0 spiro atoms. The topological polar surface area (TPSA) is 42.9 Å². The van der Waals surface area contributed by atoms with E-state index in [1.807, 2.05) is 31.2 Å². The lowest BCUT2D eigenvalue weighted by Gasteiger charge is -2.18. The number of carbonyl (C=O) groups is 1. The van der Waals surface area contributed by atoms with Crippen LogP contribution < -0.4 is 0 Å².